The number of carbonyl (C=O) groups is 1. The summed E-state index contributed by atoms with van der Waals surface area (Å²) in [6.45, 7) is 4.70. The Morgan fingerprint density at radius 2 is 2.15 bits per heavy atom. The van der Waals surface area contributed by atoms with E-state index < -0.39 is 0 Å². The Kier molecular flexibility index (Phi) is 6.05. The van der Waals surface area contributed by atoms with E-state index in [9.17, 15) is 4.79 Å². The SMILES string of the molecule is Cl.O=C1CN(c2cc3nccnc3c(NC[C@H]3CCCNC3)n2)CCN1. The first kappa shape index (κ1) is 18.6. The number of fused-ring (bicyclic) bond motifs is 1. The molecule has 2 fully saturated rings. The van der Waals surface area contributed by atoms with Crippen LogP contribution in [0.5, 0.6) is 0 Å². The van der Waals surface area contributed by atoms with Crippen LogP contribution in [0.4, 0.5) is 11.6 Å². The molecular formula is C17H24ClN7O. The van der Waals surface area contributed by atoms with Gasteiger partial charge in [0.2, 0.25) is 5.91 Å². The Hall–Kier alpha value is -2.19. The summed E-state index contributed by atoms with van der Waals surface area (Å²) in [5, 5.41) is 9.75. The second-order valence-electron chi connectivity index (χ2n) is 6.62. The summed E-state index contributed by atoms with van der Waals surface area (Å²) in [6, 6.07) is 1.91. The lowest BCUT2D eigenvalue weighted by atomic mass is 10.00. The summed E-state index contributed by atoms with van der Waals surface area (Å²) in [5.41, 5.74) is 1.57. The van der Waals surface area contributed by atoms with E-state index in [2.05, 4.69) is 25.9 Å². The van der Waals surface area contributed by atoms with Crippen LogP contribution in [0.1, 0.15) is 12.8 Å². The van der Waals surface area contributed by atoms with E-state index in [-0.39, 0.29) is 18.3 Å². The van der Waals surface area contributed by atoms with Gasteiger partial charge in [-0.3, -0.25) is 9.78 Å². The first-order valence-corrected chi connectivity index (χ1v) is 8.87. The summed E-state index contributed by atoms with van der Waals surface area (Å²) in [4.78, 5) is 27.3. The quantitative estimate of drug-likeness (QED) is 0.725. The lowest BCUT2D eigenvalue weighted by molar-refractivity contribution is -0.120. The molecule has 8 nitrogen and oxygen atoms in total. The molecule has 9 heteroatoms. The van der Waals surface area contributed by atoms with Gasteiger partial charge in [0.25, 0.3) is 0 Å². The van der Waals surface area contributed by atoms with Crippen LogP contribution in [0.15, 0.2) is 18.5 Å². The molecule has 0 aromatic carbocycles. The van der Waals surface area contributed by atoms with Crippen LogP contribution in [-0.2, 0) is 4.79 Å². The summed E-state index contributed by atoms with van der Waals surface area (Å²) in [7, 11) is 0. The van der Waals surface area contributed by atoms with Crippen LogP contribution in [0.2, 0.25) is 0 Å². The summed E-state index contributed by atoms with van der Waals surface area (Å²) >= 11 is 0. The minimum absolute atomic E-state index is 0. The van der Waals surface area contributed by atoms with Gasteiger partial charge >= 0.3 is 0 Å². The molecule has 3 N–H and O–H groups in total. The van der Waals surface area contributed by atoms with E-state index in [1.807, 2.05) is 11.0 Å². The number of nitrogens with zero attached hydrogens (tertiary/aromatic N) is 4. The Balaban J connectivity index is 0.00000196. The molecule has 26 heavy (non-hydrogen) atoms. The van der Waals surface area contributed by atoms with Crippen molar-refractivity contribution >= 4 is 41.0 Å². The Labute approximate surface area is 158 Å². The van der Waals surface area contributed by atoms with Gasteiger partial charge in [0, 0.05) is 38.1 Å². The fourth-order valence-electron chi connectivity index (χ4n) is 3.42. The van der Waals surface area contributed by atoms with Crippen LogP contribution < -0.4 is 20.9 Å². The maximum atomic E-state index is 11.7. The van der Waals surface area contributed by atoms with Crippen molar-refractivity contribution in [2.75, 3.05) is 49.5 Å². The highest BCUT2D eigenvalue weighted by Gasteiger charge is 2.20. The molecule has 1 amide bonds. The molecule has 0 saturated carbocycles. The van der Waals surface area contributed by atoms with Gasteiger partial charge in [-0.2, -0.15) is 0 Å². The number of halogens is 1. The zero-order valence-corrected chi connectivity index (χ0v) is 15.4. The fraction of sp³-hybridized carbons (Fsp3) is 0.529. The third-order valence-corrected chi connectivity index (χ3v) is 4.76. The van der Waals surface area contributed by atoms with Gasteiger partial charge in [0.15, 0.2) is 5.82 Å². The predicted octanol–water partition coefficient (Wildman–Crippen LogP) is 0.794. The molecule has 2 aliphatic heterocycles. The van der Waals surface area contributed by atoms with E-state index in [0.29, 0.717) is 19.0 Å². The molecule has 2 aromatic rings. The Bertz CT molecular complexity index is 766. The number of aromatic nitrogens is 3. The van der Waals surface area contributed by atoms with Crippen LogP contribution in [0, 0.1) is 5.92 Å². The van der Waals surface area contributed by atoms with Crippen molar-refractivity contribution in [1.29, 1.82) is 0 Å². The molecule has 2 aliphatic rings. The highest BCUT2D eigenvalue weighted by molar-refractivity contribution is 5.89. The lowest BCUT2D eigenvalue weighted by Crippen LogP contribution is -2.48. The van der Waals surface area contributed by atoms with E-state index in [1.54, 1.807) is 12.4 Å². The predicted molar refractivity (Wildman–Crippen MR) is 104 cm³/mol. The van der Waals surface area contributed by atoms with Gasteiger partial charge in [0.05, 0.1) is 12.1 Å². The molecule has 2 aromatic heterocycles. The van der Waals surface area contributed by atoms with E-state index >= 15 is 0 Å². The molecule has 140 valence electrons. The Morgan fingerprint density at radius 3 is 2.96 bits per heavy atom. The molecule has 1 atom stereocenters. The zero-order valence-electron chi connectivity index (χ0n) is 14.6. The van der Waals surface area contributed by atoms with Gasteiger partial charge < -0.3 is 20.9 Å². The number of amides is 1. The first-order valence-electron chi connectivity index (χ1n) is 8.87. The second-order valence-corrected chi connectivity index (χ2v) is 6.62. The topological polar surface area (TPSA) is 95.1 Å². The number of anilines is 2. The number of piperidine rings is 1. The van der Waals surface area contributed by atoms with Crippen molar-refractivity contribution in [3.05, 3.63) is 18.5 Å². The van der Waals surface area contributed by atoms with Crippen molar-refractivity contribution in [2.24, 2.45) is 5.92 Å². The maximum absolute atomic E-state index is 11.7. The molecule has 4 rings (SSSR count). The molecule has 0 spiro atoms. The lowest BCUT2D eigenvalue weighted by Gasteiger charge is -2.28. The molecule has 0 bridgehead atoms. The van der Waals surface area contributed by atoms with E-state index in [4.69, 9.17) is 4.98 Å². The van der Waals surface area contributed by atoms with Crippen LogP contribution in [-0.4, -0.2) is 60.1 Å². The maximum Gasteiger partial charge on any atom is 0.239 e. The van der Waals surface area contributed by atoms with Gasteiger partial charge in [-0.1, -0.05) is 0 Å². The molecule has 0 unspecified atom stereocenters. The first-order chi connectivity index (χ1) is 12.3. The van der Waals surface area contributed by atoms with E-state index in [1.165, 1.54) is 12.8 Å². The number of carbonyl (C=O) groups excluding carboxylic acids is 1. The normalized spacial score (nSPS) is 20.4. The average molecular weight is 378 g/mol. The smallest absolute Gasteiger partial charge is 0.239 e. The second kappa shape index (κ2) is 8.46. The fourth-order valence-corrected chi connectivity index (χ4v) is 3.42. The van der Waals surface area contributed by atoms with Crippen molar-refractivity contribution in [2.45, 2.75) is 12.8 Å². The van der Waals surface area contributed by atoms with E-state index in [0.717, 1.165) is 48.8 Å². The zero-order chi connectivity index (χ0) is 17.1. The van der Waals surface area contributed by atoms with Crippen LogP contribution in [0.3, 0.4) is 0 Å². The third kappa shape index (κ3) is 4.13. The van der Waals surface area contributed by atoms with Gasteiger partial charge in [-0.05, 0) is 31.8 Å². The van der Waals surface area contributed by atoms with Crippen molar-refractivity contribution < 1.29 is 4.79 Å². The van der Waals surface area contributed by atoms with Crippen molar-refractivity contribution in [3.8, 4) is 0 Å². The van der Waals surface area contributed by atoms with Crippen LogP contribution in [0.25, 0.3) is 11.0 Å². The average Bonchev–Trinajstić information content (AvgIpc) is 2.67. The molecular weight excluding hydrogens is 354 g/mol. The summed E-state index contributed by atoms with van der Waals surface area (Å²) in [6.07, 6.45) is 5.80. The van der Waals surface area contributed by atoms with Gasteiger partial charge in [-0.15, -0.1) is 12.4 Å². The largest absolute Gasteiger partial charge is 0.368 e. The highest BCUT2D eigenvalue weighted by Crippen LogP contribution is 2.24. The summed E-state index contributed by atoms with van der Waals surface area (Å²) < 4.78 is 0. The number of hydrogen-bond donors (Lipinski definition) is 3. The number of nitrogens with one attached hydrogen (secondary N) is 3. The molecule has 4 heterocycles. The molecule has 0 aliphatic carbocycles. The molecule has 2 saturated heterocycles. The number of hydrogen-bond acceptors (Lipinski definition) is 7. The van der Waals surface area contributed by atoms with Gasteiger partial charge in [-0.25, -0.2) is 9.97 Å². The minimum Gasteiger partial charge on any atom is -0.368 e. The number of pyridine rings is 1. The minimum atomic E-state index is 0. The number of piperazine rings is 1. The monoisotopic (exact) mass is 377 g/mol. The number of rotatable bonds is 4. The van der Waals surface area contributed by atoms with Crippen LogP contribution >= 0.6 is 12.4 Å². The third-order valence-electron chi connectivity index (χ3n) is 4.76. The van der Waals surface area contributed by atoms with Crippen molar-refractivity contribution in [3.63, 3.8) is 0 Å². The van der Waals surface area contributed by atoms with Crippen molar-refractivity contribution in [1.82, 2.24) is 25.6 Å². The van der Waals surface area contributed by atoms with Gasteiger partial charge in [0.1, 0.15) is 11.3 Å². The molecule has 0 radical (unpaired) electrons. The summed E-state index contributed by atoms with van der Waals surface area (Å²) in [5.74, 6) is 2.13. The highest BCUT2D eigenvalue weighted by atomic mass is 35.5. The Morgan fingerprint density at radius 1 is 1.27 bits per heavy atom. The standard InChI is InChI=1S/C17H23N7O.ClH/c25-15-11-24(7-6-20-15)14-8-13-16(21-5-4-19-13)17(23-14)22-10-12-2-1-3-18-9-12;/h4-5,8,12,18H,1-3,6-7,9-11H2,(H,20,25)(H,22,23);1H/t12-;/m0./s1.